The zero-order valence-electron chi connectivity index (χ0n) is 17.5. The Labute approximate surface area is 178 Å². The first-order valence-corrected chi connectivity index (χ1v) is 9.73. The van der Waals surface area contributed by atoms with Crippen molar-refractivity contribution in [3.8, 4) is 0 Å². The monoisotopic (exact) mass is 454 g/mol. The molecule has 0 spiro atoms. The molecule has 0 unspecified atom stereocenters. The van der Waals surface area contributed by atoms with Crippen LogP contribution in [-0.4, -0.2) is 11.4 Å². The molecule has 0 N–H and O–H groups in total. The molecule has 0 aliphatic carbocycles. The van der Waals surface area contributed by atoms with Gasteiger partial charge in [-0.1, -0.05) is 32.4 Å². The van der Waals surface area contributed by atoms with Crippen LogP contribution in [-0.2, 0) is 20.4 Å². The number of hydrogen-bond acceptors (Lipinski definition) is 2. The first-order valence-electron chi connectivity index (χ1n) is 9.73. The molecule has 2 aromatic rings. The molecule has 2 rings (SSSR count). The van der Waals surface area contributed by atoms with Gasteiger partial charge in [-0.3, -0.25) is 9.98 Å². The Kier molecular flexibility index (Phi) is 9.85. The smallest absolute Gasteiger partial charge is 0.0639 e. The third-order valence-corrected chi connectivity index (χ3v) is 4.38. The second-order valence-electron chi connectivity index (χ2n) is 7.27. The van der Waals surface area contributed by atoms with E-state index >= 15 is 0 Å². The van der Waals surface area contributed by atoms with Gasteiger partial charge in [0.25, 0.3) is 0 Å². The number of rotatable bonds is 7. The quantitative estimate of drug-likeness (QED) is 0.308. The number of nitrogens with zero attached hydrogens (tertiary/aromatic N) is 2. The molecule has 0 aliphatic rings. The van der Waals surface area contributed by atoms with Crippen molar-refractivity contribution >= 4 is 22.8 Å². The number of benzene rings is 2. The SMILES string of the molecule is CCCCC(=Nc1cc(C)cc(C)c1)C(CC)=Nc1cc(C)cc(C)c1.[Pd]. The molecule has 0 bridgehead atoms. The van der Waals surface area contributed by atoms with Crippen LogP contribution in [0.1, 0.15) is 61.8 Å². The van der Waals surface area contributed by atoms with E-state index in [1.807, 2.05) is 0 Å². The second-order valence-corrected chi connectivity index (χ2v) is 7.27. The summed E-state index contributed by atoms with van der Waals surface area (Å²) in [6.45, 7) is 12.9. The molecule has 0 fully saturated rings. The van der Waals surface area contributed by atoms with Crippen LogP contribution in [0, 0.1) is 27.7 Å². The second kappa shape index (κ2) is 11.3. The maximum atomic E-state index is 5.02. The molecule has 2 aromatic carbocycles. The first-order chi connectivity index (χ1) is 12.4. The van der Waals surface area contributed by atoms with E-state index < -0.39 is 0 Å². The summed E-state index contributed by atoms with van der Waals surface area (Å²) >= 11 is 0. The Morgan fingerprint density at radius 3 is 1.44 bits per heavy atom. The van der Waals surface area contributed by atoms with Crippen molar-refractivity contribution in [3.05, 3.63) is 58.7 Å². The standard InChI is InChI=1S/C24H32N2.Pd/c1-7-9-10-24(26-22-15-19(5)12-20(6)16-22)23(8-2)25-21-13-17(3)11-18(4)14-21;/h11-16H,7-10H2,1-6H3;. The minimum Gasteiger partial charge on any atom is -0.252 e. The van der Waals surface area contributed by atoms with Crippen LogP contribution in [0.2, 0.25) is 0 Å². The number of hydrogen-bond donors (Lipinski definition) is 0. The molecule has 0 radical (unpaired) electrons. The fraction of sp³-hybridized carbons (Fsp3) is 0.417. The van der Waals surface area contributed by atoms with E-state index in [-0.39, 0.29) is 20.4 Å². The van der Waals surface area contributed by atoms with E-state index in [2.05, 4.69) is 77.9 Å². The van der Waals surface area contributed by atoms with Crippen LogP contribution in [0.4, 0.5) is 11.4 Å². The molecule has 27 heavy (non-hydrogen) atoms. The molecular formula is C24H32N2Pd. The van der Waals surface area contributed by atoms with Crippen LogP contribution in [0.15, 0.2) is 46.4 Å². The normalized spacial score (nSPS) is 12.1. The van der Waals surface area contributed by atoms with Crippen molar-refractivity contribution in [2.75, 3.05) is 0 Å². The Morgan fingerprint density at radius 1 is 0.667 bits per heavy atom. The van der Waals surface area contributed by atoms with E-state index in [1.54, 1.807) is 0 Å². The Morgan fingerprint density at radius 2 is 1.07 bits per heavy atom. The summed E-state index contributed by atoms with van der Waals surface area (Å²) in [6, 6.07) is 13.0. The van der Waals surface area contributed by atoms with Gasteiger partial charge < -0.3 is 0 Å². The molecule has 148 valence electrons. The summed E-state index contributed by atoms with van der Waals surface area (Å²) in [6.07, 6.45) is 4.16. The predicted octanol–water partition coefficient (Wildman–Crippen LogP) is 7.36. The van der Waals surface area contributed by atoms with Gasteiger partial charge in [-0.15, -0.1) is 0 Å². The maximum absolute atomic E-state index is 5.02. The zero-order valence-corrected chi connectivity index (χ0v) is 19.1. The molecule has 3 heteroatoms. The van der Waals surface area contributed by atoms with Crippen LogP contribution >= 0.6 is 0 Å². The van der Waals surface area contributed by atoms with Gasteiger partial charge >= 0.3 is 0 Å². The minimum atomic E-state index is 0. The van der Waals surface area contributed by atoms with Gasteiger partial charge in [0.05, 0.1) is 22.8 Å². The summed E-state index contributed by atoms with van der Waals surface area (Å²) in [5, 5.41) is 0. The number of aliphatic imine (C=N–C) groups is 2. The summed E-state index contributed by atoms with van der Waals surface area (Å²) in [4.78, 5) is 9.99. The van der Waals surface area contributed by atoms with Crippen LogP contribution in [0.3, 0.4) is 0 Å². The van der Waals surface area contributed by atoms with Crippen LogP contribution in [0.25, 0.3) is 0 Å². The van der Waals surface area contributed by atoms with E-state index in [1.165, 1.54) is 22.3 Å². The Bertz CT molecular complexity index is 779. The van der Waals surface area contributed by atoms with Crippen LogP contribution in [0.5, 0.6) is 0 Å². The predicted molar refractivity (Wildman–Crippen MR) is 116 cm³/mol. The third kappa shape index (κ3) is 7.53. The van der Waals surface area contributed by atoms with Crippen LogP contribution < -0.4 is 0 Å². The van der Waals surface area contributed by atoms with Crippen molar-refractivity contribution in [1.29, 1.82) is 0 Å². The van der Waals surface area contributed by atoms with E-state index in [4.69, 9.17) is 9.98 Å². The van der Waals surface area contributed by atoms with Gasteiger partial charge in [0.2, 0.25) is 0 Å². The van der Waals surface area contributed by atoms with Gasteiger partial charge in [0, 0.05) is 20.4 Å². The number of aryl methyl sites for hydroxylation is 4. The molecule has 0 aliphatic heterocycles. The van der Waals surface area contributed by atoms with Crippen molar-refractivity contribution in [2.24, 2.45) is 9.98 Å². The van der Waals surface area contributed by atoms with Gasteiger partial charge in [0.15, 0.2) is 0 Å². The average molecular weight is 455 g/mol. The fourth-order valence-electron chi connectivity index (χ4n) is 3.30. The Hall–Kier alpha value is -1.56. The van der Waals surface area contributed by atoms with Crippen molar-refractivity contribution in [2.45, 2.75) is 67.2 Å². The molecule has 0 atom stereocenters. The van der Waals surface area contributed by atoms with E-state index in [9.17, 15) is 0 Å². The minimum absolute atomic E-state index is 0. The van der Waals surface area contributed by atoms with Crippen molar-refractivity contribution < 1.29 is 20.4 Å². The Balaban J connectivity index is 0.00000364. The molecule has 0 saturated carbocycles. The molecule has 2 nitrogen and oxygen atoms in total. The first kappa shape index (κ1) is 23.5. The maximum Gasteiger partial charge on any atom is 0.0639 e. The molecule has 0 amide bonds. The van der Waals surface area contributed by atoms with E-state index in [0.29, 0.717) is 0 Å². The summed E-state index contributed by atoms with van der Waals surface area (Å²) in [5.41, 5.74) is 9.30. The summed E-state index contributed by atoms with van der Waals surface area (Å²) in [7, 11) is 0. The third-order valence-electron chi connectivity index (χ3n) is 4.38. The topological polar surface area (TPSA) is 24.7 Å². The van der Waals surface area contributed by atoms with Gasteiger partial charge in [-0.2, -0.15) is 0 Å². The zero-order chi connectivity index (χ0) is 19.1. The number of unbranched alkanes of at least 4 members (excludes halogenated alkanes) is 1. The van der Waals surface area contributed by atoms with Gasteiger partial charge in [0.1, 0.15) is 0 Å². The fourth-order valence-corrected chi connectivity index (χ4v) is 3.30. The largest absolute Gasteiger partial charge is 0.252 e. The van der Waals surface area contributed by atoms with Gasteiger partial charge in [-0.25, -0.2) is 0 Å². The average Bonchev–Trinajstić information content (AvgIpc) is 2.55. The molecule has 0 heterocycles. The summed E-state index contributed by atoms with van der Waals surface area (Å²) in [5.74, 6) is 0. The van der Waals surface area contributed by atoms with Gasteiger partial charge in [-0.05, 0) is 93.5 Å². The molecule has 0 saturated heterocycles. The van der Waals surface area contributed by atoms with E-state index in [0.717, 1.165) is 48.5 Å². The van der Waals surface area contributed by atoms with Crippen molar-refractivity contribution in [1.82, 2.24) is 0 Å². The molecular weight excluding hydrogens is 423 g/mol. The summed E-state index contributed by atoms with van der Waals surface area (Å²) < 4.78 is 0. The van der Waals surface area contributed by atoms with Crippen molar-refractivity contribution in [3.63, 3.8) is 0 Å². The molecule has 0 aromatic heterocycles.